The quantitative estimate of drug-likeness (QED) is 0.442. The third-order valence-corrected chi connectivity index (χ3v) is 4.56. The minimum absolute atomic E-state index is 0.252. The Labute approximate surface area is 151 Å². The van der Waals surface area contributed by atoms with Gasteiger partial charge in [-0.1, -0.05) is 0 Å². The number of carbonyl (C=O) groups is 1. The summed E-state index contributed by atoms with van der Waals surface area (Å²) in [5.74, 6) is -0.313. The average molecular weight is 367 g/mol. The number of esters is 1. The van der Waals surface area contributed by atoms with Gasteiger partial charge in [-0.3, -0.25) is 0 Å². The molecule has 0 spiro atoms. The molecule has 2 rings (SSSR count). The predicted molar refractivity (Wildman–Crippen MR) is 103 cm³/mol. The van der Waals surface area contributed by atoms with Gasteiger partial charge < -0.3 is 20.1 Å². The van der Waals surface area contributed by atoms with Crippen molar-refractivity contribution in [1.82, 2.24) is 5.32 Å². The summed E-state index contributed by atoms with van der Waals surface area (Å²) in [4.78, 5) is 12.2. The summed E-state index contributed by atoms with van der Waals surface area (Å²) in [6, 6.07) is 7.70. The Morgan fingerprint density at radius 3 is 2.83 bits per heavy atom. The Hall–Kier alpha value is -1.70. The normalized spacial score (nSPS) is 10.8. The summed E-state index contributed by atoms with van der Waals surface area (Å²) in [6.07, 6.45) is 1.15. The van der Waals surface area contributed by atoms with E-state index in [1.54, 1.807) is 0 Å². The van der Waals surface area contributed by atoms with Crippen molar-refractivity contribution in [3.05, 3.63) is 29.1 Å². The molecule has 2 N–H and O–H groups in total. The largest absolute Gasteiger partial charge is 0.465 e. The van der Waals surface area contributed by atoms with Crippen LogP contribution in [0.1, 0.15) is 29.9 Å². The standard InChI is InChI=1S/C17H22N2O3S2/c1-11(2)22-8-4-7-18-17(23)19-13-5-6-14-12(9-13)10-15(24-14)16(20)21-3/h5-6,9-11H,4,7-8H2,1-3H3,(H2,18,19,23). The highest BCUT2D eigenvalue weighted by molar-refractivity contribution is 7.80. The first-order valence-corrected chi connectivity index (χ1v) is 9.00. The van der Waals surface area contributed by atoms with Gasteiger partial charge in [-0.05, 0) is 62.1 Å². The van der Waals surface area contributed by atoms with Crippen LogP contribution >= 0.6 is 23.6 Å². The summed E-state index contributed by atoms with van der Waals surface area (Å²) < 4.78 is 11.3. The van der Waals surface area contributed by atoms with Crippen LogP contribution in [0.4, 0.5) is 5.69 Å². The van der Waals surface area contributed by atoms with Crippen molar-refractivity contribution in [3.63, 3.8) is 0 Å². The van der Waals surface area contributed by atoms with Gasteiger partial charge in [0.1, 0.15) is 4.88 Å². The zero-order chi connectivity index (χ0) is 17.5. The van der Waals surface area contributed by atoms with E-state index >= 15 is 0 Å². The number of benzene rings is 1. The third-order valence-electron chi connectivity index (χ3n) is 3.22. The minimum atomic E-state index is -0.313. The molecule has 7 heteroatoms. The molecule has 0 amide bonds. The van der Waals surface area contributed by atoms with E-state index in [1.165, 1.54) is 18.4 Å². The number of thiophene rings is 1. The van der Waals surface area contributed by atoms with Crippen molar-refractivity contribution in [2.24, 2.45) is 0 Å². The van der Waals surface area contributed by atoms with E-state index in [9.17, 15) is 4.79 Å². The summed E-state index contributed by atoms with van der Waals surface area (Å²) in [5, 5.41) is 7.86. The lowest BCUT2D eigenvalue weighted by Gasteiger charge is -2.11. The third kappa shape index (κ3) is 5.43. The molecule has 0 aliphatic rings. The lowest BCUT2D eigenvalue weighted by Crippen LogP contribution is -2.29. The van der Waals surface area contributed by atoms with Crippen LogP contribution in [-0.2, 0) is 9.47 Å². The van der Waals surface area contributed by atoms with Crippen LogP contribution < -0.4 is 10.6 Å². The van der Waals surface area contributed by atoms with Gasteiger partial charge >= 0.3 is 5.97 Å². The minimum Gasteiger partial charge on any atom is -0.465 e. The van der Waals surface area contributed by atoms with Crippen LogP contribution in [0.2, 0.25) is 0 Å². The van der Waals surface area contributed by atoms with Crippen molar-refractivity contribution in [2.75, 3.05) is 25.6 Å². The Morgan fingerprint density at radius 2 is 2.12 bits per heavy atom. The van der Waals surface area contributed by atoms with Gasteiger partial charge in [-0.25, -0.2) is 4.79 Å². The van der Waals surface area contributed by atoms with Crippen LogP contribution in [0.5, 0.6) is 0 Å². The second-order valence-corrected chi connectivity index (χ2v) is 7.00. The summed E-state index contributed by atoms with van der Waals surface area (Å²) in [6.45, 7) is 5.51. The molecule has 0 aliphatic carbocycles. The maximum Gasteiger partial charge on any atom is 0.348 e. The molecule has 0 atom stereocenters. The van der Waals surface area contributed by atoms with Crippen molar-refractivity contribution in [1.29, 1.82) is 0 Å². The molecule has 0 bridgehead atoms. The van der Waals surface area contributed by atoms with Gasteiger partial charge in [0, 0.05) is 23.5 Å². The van der Waals surface area contributed by atoms with Gasteiger partial charge in [-0.15, -0.1) is 11.3 Å². The maximum atomic E-state index is 11.6. The molecule has 0 aliphatic heterocycles. The number of hydrogen-bond donors (Lipinski definition) is 2. The summed E-state index contributed by atoms with van der Waals surface area (Å²) in [7, 11) is 1.38. The topological polar surface area (TPSA) is 59.6 Å². The van der Waals surface area contributed by atoms with Gasteiger partial charge in [0.2, 0.25) is 0 Å². The highest BCUT2D eigenvalue weighted by atomic mass is 32.1. The molecule has 0 saturated heterocycles. The first-order chi connectivity index (χ1) is 11.5. The SMILES string of the molecule is COC(=O)c1cc2cc(NC(=S)NCCCOC(C)C)ccc2s1. The number of carbonyl (C=O) groups excluding carboxylic acids is 1. The Morgan fingerprint density at radius 1 is 1.33 bits per heavy atom. The number of nitrogens with one attached hydrogen (secondary N) is 2. The zero-order valence-electron chi connectivity index (χ0n) is 14.0. The van der Waals surface area contributed by atoms with Crippen molar-refractivity contribution >= 4 is 50.4 Å². The zero-order valence-corrected chi connectivity index (χ0v) is 15.7. The lowest BCUT2D eigenvalue weighted by molar-refractivity contribution is 0.0606. The van der Waals surface area contributed by atoms with Crippen molar-refractivity contribution in [3.8, 4) is 0 Å². The second-order valence-electron chi connectivity index (χ2n) is 5.51. The van der Waals surface area contributed by atoms with E-state index < -0.39 is 0 Å². The molecule has 1 heterocycles. The molecule has 1 aromatic heterocycles. The first kappa shape index (κ1) is 18.6. The highest BCUT2D eigenvalue weighted by Gasteiger charge is 2.10. The molecule has 1 aromatic carbocycles. The molecule has 0 fully saturated rings. The van der Waals surface area contributed by atoms with E-state index in [4.69, 9.17) is 21.7 Å². The Bertz CT molecular complexity index is 713. The van der Waals surface area contributed by atoms with Crippen LogP contribution in [0.3, 0.4) is 0 Å². The molecule has 0 radical (unpaired) electrons. The van der Waals surface area contributed by atoms with Gasteiger partial charge in [0.25, 0.3) is 0 Å². The molecular weight excluding hydrogens is 344 g/mol. The van der Waals surface area contributed by atoms with Gasteiger partial charge in [0.15, 0.2) is 5.11 Å². The van der Waals surface area contributed by atoms with Crippen molar-refractivity contribution in [2.45, 2.75) is 26.4 Å². The molecule has 2 aromatic rings. The van der Waals surface area contributed by atoms with E-state index in [1.807, 2.05) is 38.1 Å². The van der Waals surface area contributed by atoms with Crippen LogP contribution in [0.25, 0.3) is 10.1 Å². The number of methoxy groups -OCH3 is 1. The van der Waals surface area contributed by atoms with Crippen LogP contribution in [0, 0.1) is 0 Å². The van der Waals surface area contributed by atoms with Gasteiger partial charge in [-0.2, -0.15) is 0 Å². The molecule has 5 nitrogen and oxygen atoms in total. The summed E-state index contributed by atoms with van der Waals surface area (Å²) >= 11 is 6.71. The fraction of sp³-hybridized carbons (Fsp3) is 0.412. The molecule has 0 saturated carbocycles. The van der Waals surface area contributed by atoms with Gasteiger partial charge in [0.05, 0.1) is 13.2 Å². The average Bonchev–Trinajstić information content (AvgIpc) is 2.96. The number of rotatable bonds is 7. The summed E-state index contributed by atoms with van der Waals surface area (Å²) in [5.41, 5.74) is 0.882. The number of anilines is 1. The van der Waals surface area contributed by atoms with Crippen LogP contribution in [0.15, 0.2) is 24.3 Å². The molecule has 0 unspecified atom stereocenters. The predicted octanol–water partition coefficient (Wildman–Crippen LogP) is 3.79. The molecule has 130 valence electrons. The number of fused-ring (bicyclic) bond motifs is 1. The van der Waals surface area contributed by atoms with Crippen molar-refractivity contribution < 1.29 is 14.3 Å². The Balaban J connectivity index is 1.88. The van der Waals surface area contributed by atoms with E-state index in [0.29, 0.717) is 16.6 Å². The lowest BCUT2D eigenvalue weighted by atomic mass is 10.2. The van der Waals surface area contributed by atoms with Crippen LogP contribution in [-0.4, -0.2) is 37.4 Å². The fourth-order valence-corrected chi connectivity index (χ4v) is 3.27. The smallest absolute Gasteiger partial charge is 0.348 e. The van der Waals surface area contributed by atoms with E-state index in [2.05, 4.69) is 10.6 Å². The number of hydrogen-bond acceptors (Lipinski definition) is 5. The number of ether oxygens (including phenoxy) is 2. The first-order valence-electron chi connectivity index (χ1n) is 7.78. The second kappa shape index (κ2) is 8.96. The molecule has 24 heavy (non-hydrogen) atoms. The maximum absolute atomic E-state index is 11.6. The number of thiocarbonyl (C=S) groups is 1. The monoisotopic (exact) mass is 366 g/mol. The molecular formula is C17H22N2O3S2. The highest BCUT2D eigenvalue weighted by Crippen LogP contribution is 2.28. The Kier molecular flexibility index (Phi) is 6.96. The fourth-order valence-electron chi connectivity index (χ4n) is 2.09. The van der Waals surface area contributed by atoms with E-state index in [-0.39, 0.29) is 12.1 Å². The van der Waals surface area contributed by atoms with E-state index in [0.717, 1.165) is 28.7 Å².